The molecule has 0 atom stereocenters. The van der Waals surface area contributed by atoms with Crippen LogP contribution >= 0.6 is 11.3 Å². The van der Waals surface area contributed by atoms with Crippen molar-refractivity contribution in [2.45, 2.75) is 0 Å². The van der Waals surface area contributed by atoms with Gasteiger partial charge in [-0.3, -0.25) is 4.57 Å². The lowest BCUT2D eigenvalue weighted by atomic mass is 9.97. The smallest absolute Gasteiger partial charge is 0.234 e. The SMILES string of the molecule is c1cnc(-n2c3ccccc3c3ccc4c(sc5c6ccccc6c6ccccc6c45)c32)nc1. The predicted octanol–water partition coefficient (Wildman–Crippen LogP) is 8.25. The van der Waals surface area contributed by atoms with Crippen LogP contribution in [0.1, 0.15) is 0 Å². The van der Waals surface area contributed by atoms with Gasteiger partial charge in [0.15, 0.2) is 0 Å². The standard InChI is InChI=1S/C30H17N3S/c1-3-11-21-18(8-1)19-9-2-4-12-23(19)28-26(21)24-15-14-22-20-10-5-6-13-25(20)33(27(22)29(24)34-28)30-31-16-7-17-32-30/h1-17H. The van der Waals surface area contributed by atoms with Crippen LogP contribution in [0.5, 0.6) is 0 Å². The van der Waals surface area contributed by atoms with Crippen LogP contribution in [-0.2, 0) is 0 Å². The number of aromatic nitrogens is 3. The van der Waals surface area contributed by atoms with E-state index in [1.807, 2.05) is 29.8 Å². The molecule has 3 heterocycles. The minimum absolute atomic E-state index is 0.702. The number of para-hydroxylation sites is 1. The summed E-state index contributed by atoms with van der Waals surface area (Å²) < 4.78 is 4.84. The van der Waals surface area contributed by atoms with Crippen molar-refractivity contribution in [2.24, 2.45) is 0 Å². The lowest BCUT2D eigenvalue weighted by molar-refractivity contribution is 0.991. The molecule has 5 aromatic carbocycles. The summed E-state index contributed by atoms with van der Waals surface area (Å²) in [6.07, 6.45) is 3.63. The van der Waals surface area contributed by atoms with Gasteiger partial charge in [0.1, 0.15) is 0 Å². The Morgan fingerprint density at radius 2 is 1.12 bits per heavy atom. The molecule has 0 bridgehead atoms. The van der Waals surface area contributed by atoms with E-state index in [0.717, 1.165) is 5.52 Å². The summed E-state index contributed by atoms with van der Waals surface area (Å²) >= 11 is 1.88. The molecule has 0 aliphatic rings. The Bertz CT molecular complexity index is 2070. The van der Waals surface area contributed by atoms with Gasteiger partial charge >= 0.3 is 0 Å². The number of thiophene rings is 1. The lowest BCUT2D eigenvalue weighted by Crippen LogP contribution is -1.99. The molecule has 0 saturated carbocycles. The summed E-state index contributed by atoms with van der Waals surface area (Å²) in [7, 11) is 0. The van der Waals surface area contributed by atoms with Crippen molar-refractivity contribution in [1.82, 2.24) is 14.5 Å². The fourth-order valence-corrected chi connectivity index (χ4v) is 6.92. The normalized spacial score (nSPS) is 12.1. The van der Waals surface area contributed by atoms with Crippen molar-refractivity contribution in [2.75, 3.05) is 0 Å². The van der Waals surface area contributed by atoms with Crippen LogP contribution in [0.2, 0.25) is 0 Å². The van der Waals surface area contributed by atoms with Gasteiger partial charge in [0.2, 0.25) is 5.95 Å². The fourth-order valence-electron chi connectivity index (χ4n) is 5.53. The van der Waals surface area contributed by atoms with Gasteiger partial charge in [-0.15, -0.1) is 11.3 Å². The van der Waals surface area contributed by atoms with Gasteiger partial charge in [0.05, 0.1) is 15.7 Å². The van der Waals surface area contributed by atoms with Crippen molar-refractivity contribution in [3.05, 3.63) is 103 Å². The van der Waals surface area contributed by atoms with Crippen LogP contribution in [0, 0.1) is 0 Å². The molecule has 158 valence electrons. The number of nitrogens with zero attached hydrogens (tertiary/aromatic N) is 3. The lowest BCUT2D eigenvalue weighted by Gasteiger charge is -2.07. The summed E-state index contributed by atoms with van der Waals surface area (Å²) in [4.78, 5) is 9.28. The van der Waals surface area contributed by atoms with E-state index < -0.39 is 0 Å². The van der Waals surface area contributed by atoms with Gasteiger partial charge in [-0.1, -0.05) is 78.9 Å². The van der Waals surface area contributed by atoms with E-state index in [-0.39, 0.29) is 0 Å². The second-order valence-corrected chi connectivity index (χ2v) is 9.66. The highest BCUT2D eigenvalue weighted by atomic mass is 32.1. The Morgan fingerprint density at radius 3 is 1.91 bits per heavy atom. The van der Waals surface area contributed by atoms with E-state index in [1.54, 1.807) is 0 Å². The zero-order valence-corrected chi connectivity index (χ0v) is 18.9. The summed E-state index contributed by atoms with van der Waals surface area (Å²) in [6.45, 7) is 0. The van der Waals surface area contributed by atoms with Gasteiger partial charge in [-0.25, -0.2) is 9.97 Å². The molecule has 8 rings (SSSR count). The maximum Gasteiger partial charge on any atom is 0.234 e. The number of fused-ring (bicyclic) bond motifs is 12. The molecule has 0 fully saturated rings. The molecule has 0 saturated heterocycles. The number of hydrogen-bond acceptors (Lipinski definition) is 3. The zero-order chi connectivity index (χ0) is 22.2. The van der Waals surface area contributed by atoms with E-state index >= 15 is 0 Å². The van der Waals surface area contributed by atoms with E-state index in [1.165, 1.54) is 58.0 Å². The molecule has 4 heteroatoms. The van der Waals surface area contributed by atoms with Crippen molar-refractivity contribution in [3.63, 3.8) is 0 Å². The monoisotopic (exact) mass is 451 g/mol. The molecular formula is C30H17N3S. The summed E-state index contributed by atoms with van der Waals surface area (Å²) in [5.41, 5.74) is 2.31. The first kappa shape index (κ1) is 18.2. The maximum atomic E-state index is 4.64. The van der Waals surface area contributed by atoms with Crippen LogP contribution in [-0.4, -0.2) is 14.5 Å². The quantitative estimate of drug-likeness (QED) is 0.235. The summed E-state index contributed by atoms with van der Waals surface area (Å²) in [5, 5.41) is 10.3. The van der Waals surface area contributed by atoms with Gasteiger partial charge in [-0.05, 0) is 28.3 Å². The highest BCUT2D eigenvalue weighted by Gasteiger charge is 2.20. The van der Waals surface area contributed by atoms with Crippen LogP contribution < -0.4 is 0 Å². The van der Waals surface area contributed by atoms with Crippen molar-refractivity contribution < 1.29 is 0 Å². The first-order chi connectivity index (χ1) is 16.9. The third-order valence-corrected chi connectivity index (χ3v) is 8.15. The predicted molar refractivity (Wildman–Crippen MR) is 144 cm³/mol. The van der Waals surface area contributed by atoms with Crippen LogP contribution in [0.15, 0.2) is 103 Å². The molecule has 0 unspecified atom stereocenters. The molecule has 0 radical (unpaired) electrons. The minimum atomic E-state index is 0.702. The first-order valence-electron chi connectivity index (χ1n) is 11.4. The van der Waals surface area contributed by atoms with Gasteiger partial charge in [0, 0.05) is 44.0 Å². The molecule has 8 aromatic rings. The van der Waals surface area contributed by atoms with Crippen LogP contribution in [0.3, 0.4) is 0 Å². The van der Waals surface area contributed by atoms with Gasteiger partial charge in [-0.2, -0.15) is 0 Å². The van der Waals surface area contributed by atoms with E-state index in [9.17, 15) is 0 Å². The molecule has 34 heavy (non-hydrogen) atoms. The molecular weight excluding hydrogens is 434 g/mol. The summed E-state index contributed by atoms with van der Waals surface area (Å²) in [6, 6.07) is 32.6. The van der Waals surface area contributed by atoms with Crippen molar-refractivity contribution in [3.8, 4) is 5.95 Å². The van der Waals surface area contributed by atoms with Gasteiger partial charge in [0.25, 0.3) is 0 Å². The summed E-state index contributed by atoms with van der Waals surface area (Å²) in [5.74, 6) is 0.702. The van der Waals surface area contributed by atoms with Gasteiger partial charge < -0.3 is 0 Å². The molecule has 3 nitrogen and oxygen atoms in total. The zero-order valence-electron chi connectivity index (χ0n) is 18.1. The Hall–Kier alpha value is -4.28. The second-order valence-electron chi connectivity index (χ2n) is 8.64. The number of hydrogen-bond donors (Lipinski definition) is 0. The Morgan fingerprint density at radius 1 is 0.500 bits per heavy atom. The molecule has 0 amide bonds. The Balaban J connectivity index is 1.69. The average Bonchev–Trinajstić information content (AvgIpc) is 3.46. The molecule has 0 spiro atoms. The molecule has 0 N–H and O–H groups in total. The highest BCUT2D eigenvalue weighted by molar-refractivity contribution is 7.27. The first-order valence-corrected chi connectivity index (χ1v) is 12.2. The average molecular weight is 452 g/mol. The third-order valence-electron chi connectivity index (χ3n) is 6.90. The van der Waals surface area contributed by atoms with Crippen molar-refractivity contribution >= 4 is 74.9 Å². The molecule has 3 aromatic heterocycles. The highest BCUT2D eigenvalue weighted by Crippen LogP contribution is 2.47. The number of benzene rings is 5. The van der Waals surface area contributed by atoms with Crippen molar-refractivity contribution in [1.29, 1.82) is 0 Å². The fraction of sp³-hybridized carbons (Fsp3) is 0. The van der Waals surface area contributed by atoms with E-state index in [0.29, 0.717) is 5.95 Å². The maximum absolute atomic E-state index is 4.64. The Labute approximate surface area is 198 Å². The van der Waals surface area contributed by atoms with Crippen LogP contribution in [0.25, 0.3) is 69.5 Å². The third kappa shape index (κ3) is 2.25. The Kier molecular flexibility index (Phi) is 3.54. The second kappa shape index (κ2) is 6.62. The molecule has 0 aliphatic heterocycles. The largest absolute Gasteiger partial charge is 0.276 e. The van der Waals surface area contributed by atoms with E-state index in [4.69, 9.17) is 0 Å². The topological polar surface area (TPSA) is 30.7 Å². The number of rotatable bonds is 1. The minimum Gasteiger partial charge on any atom is -0.276 e. The van der Waals surface area contributed by atoms with Crippen LogP contribution in [0.4, 0.5) is 0 Å². The molecule has 0 aliphatic carbocycles. The van der Waals surface area contributed by atoms with E-state index in [2.05, 4.69) is 99.5 Å².